The van der Waals surface area contributed by atoms with Crippen LogP contribution < -0.4 is 10.6 Å². The minimum Gasteiger partial charge on any atom is -0.383 e. The Bertz CT molecular complexity index is 535. The highest BCUT2D eigenvalue weighted by molar-refractivity contribution is 6.30. The third-order valence-corrected chi connectivity index (χ3v) is 3.45. The first-order chi connectivity index (χ1) is 9.66. The molecule has 2 rings (SSSR count). The highest BCUT2D eigenvalue weighted by Crippen LogP contribution is 2.23. The fourth-order valence-corrected chi connectivity index (χ4v) is 2.26. The zero-order valence-electron chi connectivity index (χ0n) is 12.0. The Hall–Kier alpha value is -1.67. The normalized spacial score (nSPS) is 10.6. The molecule has 20 heavy (non-hydrogen) atoms. The molecular formula is C17H21ClN2. The summed E-state index contributed by atoms with van der Waals surface area (Å²) in [7, 11) is 0. The Balaban J connectivity index is 1.83. The second-order valence-corrected chi connectivity index (χ2v) is 5.54. The van der Waals surface area contributed by atoms with Gasteiger partial charge in [0, 0.05) is 29.5 Å². The summed E-state index contributed by atoms with van der Waals surface area (Å²) in [5, 5.41) is 7.62. The molecule has 0 spiro atoms. The van der Waals surface area contributed by atoms with E-state index in [1.807, 2.05) is 24.3 Å². The monoisotopic (exact) mass is 288 g/mol. The average molecular weight is 289 g/mol. The molecule has 0 bridgehead atoms. The van der Waals surface area contributed by atoms with Crippen molar-refractivity contribution < 1.29 is 0 Å². The molecular weight excluding hydrogens is 268 g/mol. The number of benzene rings is 2. The summed E-state index contributed by atoms with van der Waals surface area (Å²) >= 11 is 5.86. The van der Waals surface area contributed by atoms with Crippen molar-refractivity contribution in [2.24, 2.45) is 0 Å². The maximum Gasteiger partial charge on any atom is 0.0407 e. The van der Waals surface area contributed by atoms with Gasteiger partial charge in [0.25, 0.3) is 0 Å². The van der Waals surface area contributed by atoms with Crippen LogP contribution in [0.15, 0.2) is 48.5 Å². The topological polar surface area (TPSA) is 24.1 Å². The van der Waals surface area contributed by atoms with Gasteiger partial charge in [-0.05, 0) is 41.8 Å². The minimum absolute atomic E-state index is 0.530. The molecule has 2 N–H and O–H groups in total. The molecule has 0 atom stereocenters. The number of hydrogen-bond donors (Lipinski definition) is 2. The van der Waals surface area contributed by atoms with Gasteiger partial charge in [0.15, 0.2) is 0 Å². The first kappa shape index (κ1) is 14.7. The highest BCUT2D eigenvalue weighted by Gasteiger charge is 2.04. The van der Waals surface area contributed by atoms with Gasteiger partial charge in [-0.25, -0.2) is 0 Å². The van der Waals surface area contributed by atoms with Gasteiger partial charge in [-0.15, -0.1) is 0 Å². The molecule has 2 aromatic rings. The zero-order valence-corrected chi connectivity index (χ0v) is 12.7. The van der Waals surface area contributed by atoms with E-state index in [4.69, 9.17) is 11.6 Å². The molecule has 0 fully saturated rings. The summed E-state index contributed by atoms with van der Waals surface area (Å²) < 4.78 is 0. The minimum atomic E-state index is 0.530. The Labute approximate surface area is 126 Å². The van der Waals surface area contributed by atoms with Crippen molar-refractivity contribution in [3.05, 3.63) is 59.1 Å². The maximum atomic E-state index is 5.86. The number of hydrogen-bond acceptors (Lipinski definition) is 2. The summed E-state index contributed by atoms with van der Waals surface area (Å²) in [6.07, 6.45) is 0. The smallest absolute Gasteiger partial charge is 0.0407 e. The van der Waals surface area contributed by atoms with E-state index in [-0.39, 0.29) is 0 Å². The maximum absolute atomic E-state index is 5.86. The van der Waals surface area contributed by atoms with Gasteiger partial charge >= 0.3 is 0 Å². The van der Waals surface area contributed by atoms with E-state index >= 15 is 0 Å². The second-order valence-electron chi connectivity index (χ2n) is 5.10. The van der Waals surface area contributed by atoms with E-state index in [1.54, 1.807) is 0 Å². The molecule has 106 valence electrons. The highest BCUT2D eigenvalue weighted by atomic mass is 35.5. The van der Waals surface area contributed by atoms with E-state index in [2.05, 4.69) is 48.7 Å². The summed E-state index contributed by atoms with van der Waals surface area (Å²) in [5.41, 5.74) is 3.67. The van der Waals surface area contributed by atoms with E-state index < -0.39 is 0 Å². The van der Waals surface area contributed by atoms with Crippen molar-refractivity contribution in [3.8, 4) is 0 Å². The summed E-state index contributed by atoms with van der Waals surface area (Å²) in [6.45, 7) is 6.18. The van der Waals surface area contributed by atoms with Crippen LogP contribution in [0.25, 0.3) is 0 Å². The molecule has 0 saturated carbocycles. The van der Waals surface area contributed by atoms with Crippen molar-refractivity contribution in [1.29, 1.82) is 0 Å². The van der Waals surface area contributed by atoms with Crippen molar-refractivity contribution in [3.63, 3.8) is 0 Å². The number of nitrogens with one attached hydrogen (secondary N) is 2. The van der Waals surface area contributed by atoms with Gasteiger partial charge in [-0.2, -0.15) is 0 Å². The molecule has 2 aromatic carbocycles. The average Bonchev–Trinajstić information content (AvgIpc) is 2.46. The lowest BCUT2D eigenvalue weighted by Crippen LogP contribution is -2.14. The molecule has 2 nitrogen and oxygen atoms in total. The molecule has 0 aliphatic heterocycles. The Morgan fingerprint density at radius 1 is 0.900 bits per heavy atom. The van der Waals surface area contributed by atoms with Gasteiger partial charge in [0.2, 0.25) is 0 Å². The van der Waals surface area contributed by atoms with Crippen LogP contribution in [0.2, 0.25) is 5.02 Å². The largest absolute Gasteiger partial charge is 0.383 e. The van der Waals surface area contributed by atoms with E-state index in [0.29, 0.717) is 5.92 Å². The SMILES string of the molecule is CC(C)c1ccccc1NCCNc1ccc(Cl)cc1. The van der Waals surface area contributed by atoms with Crippen LogP contribution in [-0.4, -0.2) is 13.1 Å². The fourth-order valence-electron chi connectivity index (χ4n) is 2.13. The first-order valence-electron chi connectivity index (χ1n) is 6.99. The lowest BCUT2D eigenvalue weighted by atomic mass is 10.0. The molecule has 0 aliphatic rings. The number of halogens is 1. The van der Waals surface area contributed by atoms with Crippen molar-refractivity contribution >= 4 is 23.0 Å². The Kier molecular flexibility index (Phi) is 5.31. The molecule has 0 heterocycles. The first-order valence-corrected chi connectivity index (χ1v) is 7.37. The standard InChI is InChI=1S/C17H21ClN2/c1-13(2)16-5-3-4-6-17(16)20-12-11-19-15-9-7-14(18)8-10-15/h3-10,13,19-20H,11-12H2,1-2H3. The van der Waals surface area contributed by atoms with E-state index in [0.717, 1.165) is 23.8 Å². The van der Waals surface area contributed by atoms with Crippen LogP contribution in [0.5, 0.6) is 0 Å². The van der Waals surface area contributed by atoms with Crippen molar-refractivity contribution in [2.75, 3.05) is 23.7 Å². The predicted octanol–water partition coefficient (Wildman–Crippen LogP) is 4.99. The van der Waals surface area contributed by atoms with Crippen LogP contribution >= 0.6 is 11.6 Å². The van der Waals surface area contributed by atoms with Crippen LogP contribution in [-0.2, 0) is 0 Å². The Morgan fingerprint density at radius 3 is 2.25 bits per heavy atom. The summed E-state index contributed by atoms with van der Waals surface area (Å²) in [4.78, 5) is 0. The van der Waals surface area contributed by atoms with Crippen LogP contribution in [0.1, 0.15) is 25.3 Å². The third-order valence-electron chi connectivity index (χ3n) is 3.20. The Morgan fingerprint density at radius 2 is 1.55 bits per heavy atom. The molecule has 0 unspecified atom stereocenters. The molecule has 3 heteroatoms. The van der Waals surface area contributed by atoms with Crippen molar-refractivity contribution in [1.82, 2.24) is 0 Å². The molecule has 0 amide bonds. The predicted molar refractivity (Wildman–Crippen MR) is 89.0 cm³/mol. The number of para-hydroxylation sites is 1. The quantitative estimate of drug-likeness (QED) is 0.732. The summed E-state index contributed by atoms with van der Waals surface area (Å²) in [5.74, 6) is 0.530. The lowest BCUT2D eigenvalue weighted by Gasteiger charge is -2.15. The van der Waals surface area contributed by atoms with Crippen LogP contribution in [0, 0.1) is 0 Å². The lowest BCUT2D eigenvalue weighted by molar-refractivity contribution is 0.865. The molecule has 0 aliphatic carbocycles. The third kappa shape index (κ3) is 4.17. The van der Waals surface area contributed by atoms with Gasteiger partial charge in [-0.1, -0.05) is 43.6 Å². The number of rotatable bonds is 6. The van der Waals surface area contributed by atoms with Gasteiger partial charge in [-0.3, -0.25) is 0 Å². The second kappa shape index (κ2) is 7.20. The molecule has 0 radical (unpaired) electrons. The van der Waals surface area contributed by atoms with Gasteiger partial charge in [0.05, 0.1) is 0 Å². The number of anilines is 2. The van der Waals surface area contributed by atoms with Gasteiger partial charge < -0.3 is 10.6 Å². The fraction of sp³-hybridized carbons (Fsp3) is 0.294. The van der Waals surface area contributed by atoms with Crippen LogP contribution in [0.4, 0.5) is 11.4 Å². The summed E-state index contributed by atoms with van der Waals surface area (Å²) in [6, 6.07) is 16.2. The van der Waals surface area contributed by atoms with Crippen LogP contribution in [0.3, 0.4) is 0 Å². The molecule has 0 saturated heterocycles. The van der Waals surface area contributed by atoms with E-state index in [9.17, 15) is 0 Å². The molecule has 0 aromatic heterocycles. The van der Waals surface area contributed by atoms with Crippen molar-refractivity contribution in [2.45, 2.75) is 19.8 Å². The van der Waals surface area contributed by atoms with E-state index in [1.165, 1.54) is 11.3 Å². The zero-order chi connectivity index (χ0) is 14.4. The van der Waals surface area contributed by atoms with Gasteiger partial charge in [0.1, 0.15) is 0 Å².